The predicted octanol–water partition coefficient (Wildman–Crippen LogP) is 1.86. The minimum atomic E-state index is -0.625. The van der Waals surface area contributed by atoms with E-state index in [-0.39, 0.29) is 24.4 Å². The number of ether oxygens (including phenoxy) is 3. The molecule has 2 heterocycles. The van der Waals surface area contributed by atoms with Gasteiger partial charge < -0.3 is 24.6 Å². The van der Waals surface area contributed by atoms with Gasteiger partial charge in [0.05, 0.1) is 31.3 Å². The van der Waals surface area contributed by atoms with Gasteiger partial charge in [0, 0.05) is 0 Å². The van der Waals surface area contributed by atoms with Crippen molar-refractivity contribution < 1.29 is 24.1 Å². The fourth-order valence-electron chi connectivity index (χ4n) is 3.31. The third-order valence-electron chi connectivity index (χ3n) is 4.73. The highest BCUT2D eigenvalue weighted by Gasteiger charge is 2.44. The Bertz CT molecular complexity index is 537. The van der Waals surface area contributed by atoms with Crippen molar-refractivity contribution in [2.45, 2.75) is 50.7 Å². The van der Waals surface area contributed by atoms with Gasteiger partial charge in [-0.05, 0) is 24.8 Å². The van der Waals surface area contributed by atoms with Crippen LogP contribution in [0.2, 0.25) is 0 Å². The van der Waals surface area contributed by atoms with Crippen LogP contribution in [-0.2, 0) is 20.6 Å². The number of amides is 1. The van der Waals surface area contributed by atoms with Gasteiger partial charge in [-0.2, -0.15) is 0 Å². The normalized spacial score (nSPS) is 28.2. The summed E-state index contributed by atoms with van der Waals surface area (Å²) in [7, 11) is 0. The molecule has 2 N–H and O–H groups in total. The summed E-state index contributed by atoms with van der Waals surface area (Å²) in [4.78, 5) is 12.3. The SMILES string of the molecule is CCC(O)[C@H](Cc1ccccc1)NC(=O)OC1COC2OCCC12. The van der Waals surface area contributed by atoms with E-state index >= 15 is 0 Å². The smallest absolute Gasteiger partial charge is 0.407 e. The summed E-state index contributed by atoms with van der Waals surface area (Å²) in [5, 5.41) is 13.0. The van der Waals surface area contributed by atoms with Crippen molar-refractivity contribution >= 4 is 6.09 Å². The molecule has 4 unspecified atom stereocenters. The molecule has 1 aromatic rings. The summed E-state index contributed by atoms with van der Waals surface area (Å²) in [6, 6.07) is 9.40. The van der Waals surface area contributed by atoms with Gasteiger partial charge in [-0.15, -0.1) is 0 Å². The lowest BCUT2D eigenvalue weighted by atomic mass is 10.00. The van der Waals surface area contributed by atoms with Gasteiger partial charge in [-0.1, -0.05) is 37.3 Å². The van der Waals surface area contributed by atoms with Crippen LogP contribution in [-0.4, -0.2) is 49.0 Å². The first kappa shape index (κ1) is 17.2. The number of carbonyl (C=O) groups is 1. The molecule has 2 aliphatic heterocycles. The quantitative estimate of drug-likeness (QED) is 0.830. The van der Waals surface area contributed by atoms with E-state index in [0.717, 1.165) is 12.0 Å². The largest absolute Gasteiger partial charge is 0.443 e. The van der Waals surface area contributed by atoms with Gasteiger partial charge in [0.25, 0.3) is 0 Å². The highest BCUT2D eigenvalue weighted by atomic mass is 16.7. The second-order valence-corrected chi connectivity index (χ2v) is 6.38. The monoisotopic (exact) mass is 335 g/mol. The van der Waals surface area contributed by atoms with E-state index in [1.165, 1.54) is 0 Å². The second kappa shape index (κ2) is 7.96. The van der Waals surface area contributed by atoms with Crippen molar-refractivity contribution in [1.82, 2.24) is 5.32 Å². The Morgan fingerprint density at radius 1 is 1.38 bits per heavy atom. The molecule has 5 atom stereocenters. The maximum atomic E-state index is 12.3. The summed E-state index contributed by atoms with van der Waals surface area (Å²) in [5.41, 5.74) is 1.06. The summed E-state index contributed by atoms with van der Waals surface area (Å²) in [6.07, 6.45) is 0.292. The number of benzene rings is 1. The molecule has 0 saturated carbocycles. The zero-order chi connectivity index (χ0) is 16.9. The molecule has 6 heteroatoms. The molecule has 1 amide bonds. The number of alkyl carbamates (subject to hydrolysis) is 1. The lowest BCUT2D eigenvalue weighted by Gasteiger charge is -2.24. The van der Waals surface area contributed by atoms with Crippen molar-refractivity contribution in [1.29, 1.82) is 0 Å². The Morgan fingerprint density at radius 2 is 2.17 bits per heavy atom. The van der Waals surface area contributed by atoms with Crippen LogP contribution in [0.4, 0.5) is 4.79 Å². The zero-order valence-corrected chi connectivity index (χ0v) is 13.9. The fraction of sp³-hybridized carbons (Fsp3) is 0.611. The van der Waals surface area contributed by atoms with Crippen LogP contribution in [0.3, 0.4) is 0 Å². The minimum absolute atomic E-state index is 0.111. The number of carbonyl (C=O) groups excluding carboxylic acids is 1. The summed E-state index contributed by atoms with van der Waals surface area (Å²) in [5.74, 6) is 0.111. The second-order valence-electron chi connectivity index (χ2n) is 6.38. The van der Waals surface area contributed by atoms with Crippen molar-refractivity contribution in [2.24, 2.45) is 5.92 Å². The van der Waals surface area contributed by atoms with Crippen LogP contribution in [0.25, 0.3) is 0 Å². The van der Waals surface area contributed by atoms with E-state index in [1.54, 1.807) is 0 Å². The van der Waals surface area contributed by atoms with Crippen molar-refractivity contribution in [2.75, 3.05) is 13.2 Å². The maximum Gasteiger partial charge on any atom is 0.407 e. The number of rotatable bonds is 6. The Morgan fingerprint density at radius 3 is 2.92 bits per heavy atom. The van der Waals surface area contributed by atoms with E-state index < -0.39 is 12.2 Å². The van der Waals surface area contributed by atoms with E-state index in [2.05, 4.69) is 5.32 Å². The number of nitrogens with one attached hydrogen (secondary N) is 1. The molecule has 24 heavy (non-hydrogen) atoms. The minimum Gasteiger partial charge on any atom is -0.443 e. The third kappa shape index (κ3) is 4.06. The Hall–Kier alpha value is -1.63. The van der Waals surface area contributed by atoms with E-state index in [9.17, 15) is 9.90 Å². The van der Waals surface area contributed by atoms with Gasteiger partial charge in [-0.25, -0.2) is 4.79 Å². The number of hydrogen-bond donors (Lipinski definition) is 2. The average Bonchev–Trinajstić information content (AvgIpc) is 3.19. The first-order chi connectivity index (χ1) is 11.7. The Kier molecular flexibility index (Phi) is 5.71. The van der Waals surface area contributed by atoms with Gasteiger partial charge in [0.1, 0.15) is 6.10 Å². The molecule has 2 fully saturated rings. The van der Waals surface area contributed by atoms with Gasteiger partial charge >= 0.3 is 6.09 Å². The Labute approximate surface area is 142 Å². The van der Waals surface area contributed by atoms with E-state index in [0.29, 0.717) is 26.1 Å². The van der Waals surface area contributed by atoms with Crippen LogP contribution in [0.15, 0.2) is 30.3 Å². The number of hydrogen-bond acceptors (Lipinski definition) is 5. The molecule has 1 aromatic carbocycles. The van der Waals surface area contributed by atoms with Crippen LogP contribution in [0.1, 0.15) is 25.3 Å². The summed E-state index contributed by atoms with van der Waals surface area (Å²) in [6.45, 7) is 2.89. The van der Waals surface area contributed by atoms with Gasteiger partial charge in [0.15, 0.2) is 6.29 Å². The lowest BCUT2D eigenvalue weighted by molar-refractivity contribution is -0.0907. The molecule has 0 aromatic heterocycles. The zero-order valence-electron chi connectivity index (χ0n) is 13.9. The van der Waals surface area contributed by atoms with Gasteiger partial charge in [-0.3, -0.25) is 0 Å². The molecule has 6 nitrogen and oxygen atoms in total. The number of aliphatic hydroxyl groups is 1. The molecule has 2 saturated heterocycles. The fourth-order valence-corrected chi connectivity index (χ4v) is 3.31. The van der Waals surface area contributed by atoms with Crippen LogP contribution in [0.5, 0.6) is 0 Å². The molecular formula is C18H25NO5. The average molecular weight is 335 g/mol. The number of aliphatic hydroxyl groups excluding tert-OH is 1. The topological polar surface area (TPSA) is 77.0 Å². The molecule has 132 valence electrons. The molecule has 0 aliphatic carbocycles. The molecular weight excluding hydrogens is 310 g/mol. The predicted molar refractivity (Wildman–Crippen MR) is 87.4 cm³/mol. The standard InChI is InChI=1S/C18H25NO5/c1-2-15(20)14(10-12-6-4-3-5-7-12)19-18(21)24-16-11-23-17-13(16)8-9-22-17/h3-7,13-17,20H,2,8-11H2,1H3,(H,19,21)/t13?,14-,15?,16?,17?/m0/s1. The molecule has 0 spiro atoms. The molecule has 0 bridgehead atoms. The summed E-state index contributed by atoms with van der Waals surface area (Å²) < 4.78 is 16.4. The maximum absolute atomic E-state index is 12.3. The van der Waals surface area contributed by atoms with Crippen LogP contribution < -0.4 is 5.32 Å². The highest BCUT2D eigenvalue weighted by molar-refractivity contribution is 5.68. The van der Waals surface area contributed by atoms with Crippen LogP contribution in [0, 0.1) is 5.92 Å². The van der Waals surface area contributed by atoms with E-state index in [4.69, 9.17) is 14.2 Å². The van der Waals surface area contributed by atoms with Crippen molar-refractivity contribution in [3.05, 3.63) is 35.9 Å². The lowest BCUT2D eigenvalue weighted by Crippen LogP contribution is -2.46. The highest BCUT2D eigenvalue weighted by Crippen LogP contribution is 2.32. The Balaban J connectivity index is 1.56. The van der Waals surface area contributed by atoms with Gasteiger partial charge in [0.2, 0.25) is 0 Å². The first-order valence-corrected chi connectivity index (χ1v) is 8.59. The third-order valence-corrected chi connectivity index (χ3v) is 4.73. The summed E-state index contributed by atoms with van der Waals surface area (Å²) >= 11 is 0. The van der Waals surface area contributed by atoms with E-state index in [1.807, 2.05) is 37.3 Å². The molecule has 0 radical (unpaired) electrons. The number of fused-ring (bicyclic) bond motifs is 1. The molecule has 3 rings (SSSR count). The van der Waals surface area contributed by atoms with Crippen molar-refractivity contribution in [3.8, 4) is 0 Å². The van der Waals surface area contributed by atoms with Crippen LogP contribution >= 0.6 is 0 Å². The van der Waals surface area contributed by atoms with Crippen molar-refractivity contribution in [3.63, 3.8) is 0 Å². The molecule has 2 aliphatic rings. The first-order valence-electron chi connectivity index (χ1n) is 8.59.